The maximum Gasteiger partial charge on any atom is 0.408 e. The molecule has 0 unspecified atom stereocenters. The molecule has 2 heterocycles. The Labute approximate surface area is 246 Å². The Morgan fingerprint density at radius 3 is 2.48 bits per heavy atom. The molecule has 1 saturated heterocycles. The van der Waals surface area contributed by atoms with E-state index in [4.69, 9.17) is 10.5 Å². The van der Waals surface area contributed by atoms with Gasteiger partial charge in [-0.3, -0.25) is 14.4 Å². The molecule has 13 heteroatoms. The summed E-state index contributed by atoms with van der Waals surface area (Å²) >= 11 is 0. The van der Waals surface area contributed by atoms with E-state index in [2.05, 4.69) is 15.4 Å². The van der Waals surface area contributed by atoms with E-state index in [1.165, 1.54) is 29.2 Å². The maximum absolute atomic E-state index is 13.7. The maximum atomic E-state index is 13.7. The van der Waals surface area contributed by atoms with Crippen LogP contribution in [-0.4, -0.2) is 66.9 Å². The van der Waals surface area contributed by atoms with Gasteiger partial charge in [-0.15, -0.1) is 0 Å². The Bertz CT molecular complexity index is 1340. The number of rotatable bonds is 4. The van der Waals surface area contributed by atoms with Crippen molar-refractivity contribution < 1.29 is 32.3 Å². The predicted octanol–water partition coefficient (Wildman–Crippen LogP) is 2.35. The van der Waals surface area contributed by atoms with Crippen molar-refractivity contribution in [2.75, 3.05) is 12.3 Å². The van der Waals surface area contributed by atoms with Crippen LogP contribution in [0.5, 0.6) is 0 Å². The molecule has 1 aromatic rings. The van der Waals surface area contributed by atoms with E-state index in [9.17, 15) is 27.6 Å². The molecule has 1 saturated carbocycles. The molecule has 0 bridgehead atoms. The van der Waals surface area contributed by atoms with Crippen LogP contribution < -0.4 is 21.1 Å². The van der Waals surface area contributed by atoms with Gasteiger partial charge in [-0.05, 0) is 83.6 Å². The fraction of sp³-hybridized carbons (Fsp3) is 0.586. The fourth-order valence-corrected chi connectivity index (χ4v) is 6.50. The molecule has 4 amide bonds. The monoisotopic (exact) mass is 603 g/mol. The van der Waals surface area contributed by atoms with E-state index >= 15 is 0 Å². The number of fused-ring (bicyclic) bond motifs is 2. The Morgan fingerprint density at radius 1 is 1.07 bits per heavy atom. The first-order chi connectivity index (χ1) is 19.7. The van der Waals surface area contributed by atoms with Crippen LogP contribution in [0.2, 0.25) is 0 Å². The number of allylic oxidation sites excluding steroid dienone is 1. The van der Waals surface area contributed by atoms with Crippen molar-refractivity contribution in [1.29, 1.82) is 0 Å². The highest BCUT2D eigenvalue weighted by atomic mass is 32.2. The molecular weight excluding hydrogens is 562 g/mol. The van der Waals surface area contributed by atoms with E-state index in [-0.39, 0.29) is 17.2 Å². The average Bonchev–Trinajstić information content (AvgIpc) is 3.35. The molecule has 0 aromatic heterocycles. The minimum absolute atomic E-state index is 0.131. The lowest BCUT2D eigenvalue weighted by molar-refractivity contribution is -0.141. The summed E-state index contributed by atoms with van der Waals surface area (Å²) in [5, 5.41) is 5.50. The molecule has 4 rings (SSSR count). The predicted molar refractivity (Wildman–Crippen MR) is 155 cm³/mol. The van der Waals surface area contributed by atoms with Gasteiger partial charge < -0.3 is 26.0 Å². The molecular formula is C29H41N5O7S. The molecule has 3 aliphatic rings. The summed E-state index contributed by atoms with van der Waals surface area (Å²) in [4.78, 5) is 54.7. The first-order valence-corrected chi connectivity index (χ1v) is 15.9. The number of anilines is 1. The first-order valence-electron chi connectivity index (χ1n) is 14.4. The van der Waals surface area contributed by atoms with Crippen LogP contribution >= 0.6 is 0 Å². The molecule has 4 atom stereocenters. The van der Waals surface area contributed by atoms with Crippen LogP contribution in [0.3, 0.4) is 0 Å². The Hall–Kier alpha value is -3.61. The highest BCUT2D eigenvalue weighted by molar-refractivity contribution is 7.90. The second-order valence-corrected chi connectivity index (χ2v) is 13.9. The van der Waals surface area contributed by atoms with Crippen molar-refractivity contribution in [3.8, 4) is 0 Å². The summed E-state index contributed by atoms with van der Waals surface area (Å²) in [6, 6.07) is 3.70. The zero-order valence-corrected chi connectivity index (χ0v) is 25.2. The lowest BCUT2D eigenvalue weighted by Crippen LogP contribution is -2.58. The van der Waals surface area contributed by atoms with Crippen LogP contribution in [0.15, 0.2) is 41.3 Å². The van der Waals surface area contributed by atoms with Crippen molar-refractivity contribution in [2.45, 2.75) is 100 Å². The SMILES string of the molecule is CC(C)(C)OC(=O)N[C@H]1CCCCC/C=C\[C@@H]2C[C@@]2(C(=O)NS(=O)(=O)c2ccc(N)cc2)NC(=O)[C@@H]2CCCN2C1=O. The third kappa shape index (κ3) is 7.42. The van der Waals surface area contributed by atoms with E-state index in [0.29, 0.717) is 44.3 Å². The van der Waals surface area contributed by atoms with Gasteiger partial charge in [0.05, 0.1) is 4.90 Å². The van der Waals surface area contributed by atoms with Crippen LogP contribution in [-0.2, 0) is 29.1 Å². The Balaban J connectivity index is 1.56. The number of benzene rings is 1. The standard InChI is InChI=1S/C29H41N5O7S/c1-28(2,3)41-27(38)31-22-11-8-6-4-5-7-10-19-18-29(19,32-24(35)23-12-9-17-34(23)25(22)36)26(37)33-42(39,40)21-15-13-20(30)14-16-21/h7,10,13-16,19,22-23H,4-6,8-9,11-12,17-18,30H2,1-3H3,(H,31,38)(H,32,35)(H,33,37)/b10-7-/t19-,22+,23+,29-/m1/s1. The number of carbonyl (C=O) groups excluding carboxylic acids is 4. The third-order valence-electron chi connectivity index (χ3n) is 7.74. The number of hydrogen-bond acceptors (Lipinski definition) is 8. The normalized spacial score (nSPS) is 27.8. The zero-order chi connectivity index (χ0) is 30.7. The molecule has 2 fully saturated rings. The number of nitrogens with zero attached hydrogens (tertiary/aromatic N) is 1. The summed E-state index contributed by atoms with van der Waals surface area (Å²) in [5.41, 5.74) is 3.82. The van der Waals surface area contributed by atoms with Gasteiger partial charge in [-0.25, -0.2) is 17.9 Å². The van der Waals surface area contributed by atoms with Crippen molar-refractivity contribution in [1.82, 2.24) is 20.3 Å². The van der Waals surface area contributed by atoms with Crippen molar-refractivity contribution >= 4 is 39.5 Å². The van der Waals surface area contributed by atoms with E-state index in [1.54, 1.807) is 20.8 Å². The largest absolute Gasteiger partial charge is 0.444 e. The summed E-state index contributed by atoms with van der Waals surface area (Å²) in [7, 11) is -4.23. The zero-order valence-electron chi connectivity index (χ0n) is 24.4. The molecule has 1 aliphatic carbocycles. The van der Waals surface area contributed by atoms with Crippen molar-refractivity contribution in [3.05, 3.63) is 36.4 Å². The number of sulfonamides is 1. The van der Waals surface area contributed by atoms with Gasteiger partial charge in [0.15, 0.2) is 0 Å². The number of nitrogens with one attached hydrogen (secondary N) is 3. The van der Waals surface area contributed by atoms with Gasteiger partial charge in [0.25, 0.3) is 15.9 Å². The number of carbonyl (C=O) groups is 4. The Kier molecular flexibility index (Phi) is 9.19. The quantitative estimate of drug-likeness (QED) is 0.299. The van der Waals surface area contributed by atoms with Gasteiger partial charge in [0, 0.05) is 18.2 Å². The molecule has 12 nitrogen and oxygen atoms in total. The molecule has 42 heavy (non-hydrogen) atoms. The van der Waals surface area contributed by atoms with Crippen LogP contribution in [0, 0.1) is 5.92 Å². The van der Waals surface area contributed by atoms with Crippen molar-refractivity contribution in [2.24, 2.45) is 5.92 Å². The summed E-state index contributed by atoms with van der Waals surface area (Å²) in [5.74, 6) is -2.17. The van der Waals surface area contributed by atoms with E-state index in [0.717, 1.165) is 12.8 Å². The van der Waals surface area contributed by atoms with Gasteiger partial charge in [-0.1, -0.05) is 25.0 Å². The fourth-order valence-electron chi connectivity index (χ4n) is 5.46. The highest BCUT2D eigenvalue weighted by Crippen LogP contribution is 2.45. The summed E-state index contributed by atoms with van der Waals surface area (Å²) in [6.07, 6.45) is 7.65. The van der Waals surface area contributed by atoms with Gasteiger partial charge in [-0.2, -0.15) is 0 Å². The lowest BCUT2D eigenvalue weighted by atomic mass is 10.0. The average molecular weight is 604 g/mol. The van der Waals surface area contributed by atoms with Crippen LogP contribution in [0.4, 0.5) is 10.5 Å². The van der Waals surface area contributed by atoms with Gasteiger partial charge >= 0.3 is 6.09 Å². The minimum atomic E-state index is -4.23. The molecule has 2 aliphatic heterocycles. The van der Waals surface area contributed by atoms with E-state index < -0.39 is 57.1 Å². The molecule has 230 valence electrons. The number of nitrogens with two attached hydrogens (primary N) is 1. The summed E-state index contributed by atoms with van der Waals surface area (Å²) < 4.78 is 33.4. The van der Waals surface area contributed by atoms with Crippen LogP contribution in [0.1, 0.15) is 72.1 Å². The topological polar surface area (TPSA) is 177 Å². The van der Waals surface area contributed by atoms with Gasteiger partial charge in [0.2, 0.25) is 11.8 Å². The molecule has 0 radical (unpaired) electrons. The number of alkyl carbamates (subject to hydrolysis) is 1. The lowest BCUT2D eigenvalue weighted by Gasteiger charge is -2.30. The van der Waals surface area contributed by atoms with Crippen LogP contribution in [0.25, 0.3) is 0 Å². The number of hydrogen-bond donors (Lipinski definition) is 4. The van der Waals surface area contributed by atoms with Gasteiger partial charge in [0.1, 0.15) is 23.2 Å². The molecule has 1 aromatic carbocycles. The Morgan fingerprint density at radius 2 is 1.79 bits per heavy atom. The number of nitrogen functional groups attached to an aromatic ring is 1. The second kappa shape index (κ2) is 12.3. The highest BCUT2D eigenvalue weighted by Gasteiger charge is 2.61. The number of ether oxygens (including phenoxy) is 1. The second-order valence-electron chi connectivity index (χ2n) is 12.2. The van der Waals surface area contributed by atoms with Crippen molar-refractivity contribution in [3.63, 3.8) is 0 Å². The molecule has 0 spiro atoms. The minimum Gasteiger partial charge on any atom is -0.444 e. The third-order valence-corrected chi connectivity index (χ3v) is 9.09. The summed E-state index contributed by atoms with van der Waals surface area (Å²) in [6.45, 7) is 5.52. The van der Waals surface area contributed by atoms with E-state index in [1.807, 2.05) is 12.2 Å². The first kappa shape index (κ1) is 31.3. The molecule has 5 N–H and O–H groups in total. The number of amides is 4. The smallest absolute Gasteiger partial charge is 0.408 e.